The van der Waals surface area contributed by atoms with Crippen molar-refractivity contribution >= 4 is 35.2 Å². The number of hydrogen-bond donors (Lipinski definition) is 2. The summed E-state index contributed by atoms with van der Waals surface area (Å²) in [5.41, 5.74) is 12.2. The maximum Gasteiger partial charge on any atom is 0.358 e. The van der Waals surface area contributed by atoms with Gasteiger partial charge in [-0.2, -0.15) is 0 Å². The Kier molecular flexibility index (Phi) is 6.35. The first-order chi connectivity index (χ1) is 14.3. The normalized spacial score (nSPS) is 15.1. The number of halogens is 1. The van der Waals surface area contributed by atoms with Gasteiger partial charge < -0.3 is 20.9 Å². The molecule has 0 aromatic carbocycles. The predicted octanol–water partition coefficient (Wildman–Crippen LogP) is 2.41. The van der Waals surface area contributed by atoms with Crippen molar-refractivity contribution < 1.29 is 19.1 Å². The molecule has 0 bridgehead atoms. The summed E-state index contributed by atoms with van der Waals surface area (Å²) in [5, 5.41) is 0.0613. The summed E-state index contributed by atoms with van der Waals surface area (Å²) < 4.78 is 9.20. The Morgan fingerprint density at radius 2 is 1.27 bits per heavy atom. The first kappa shape index (κ1) is 21.7. The maximum absolute atomic E-state index is 11.4. The van der Waals surface area contributed by atoms with Gasteiger partial charge in [-0.1, -0.05) is 11.6 Å². The molecule has 0 aliphatic heterocycles. The zero-order valence-electron chi connectivity index (χ0n) is 16.9. The lowest BCUT2D eigenvalue weighted by Crippen LogP contribution is -2.12. The van der Waals surface area contributed by atoms with Gasteiger partial charge in [-0.05, 0) is 32.6 Å². The Balaban J connectivity index is 0.000000171. The van der Waals surface area contributed by atoms with Gasteiger partial charge in [0, 0.05) is 17.4 Å². The number of nitrogens with zero attached hydrogens (tertiary/aromatic N) is 4. The molecule has 0 amide bonds. The molecule has 2 saturated carbocycles. The van der Waals surface area contributed by atoms with Crippen LogP contribution >= 0.6 is 11.6 Å². The summed E-state index contributed by atoms with van der Waals surface area (Å²) >= 11 is 5.81. The molecular formula is C19H23ClN6O4. The van der Waals surface area contributed by atoms with E-state index < -0.39 is 11.9 Å². The molecule has 160 valence electrons. The number of carbonyl (C=O) groups is 2. The number of nitrogens with two attached hydrogens (primary N) is 2. The van der Waals surface area contributed by atoms with Crippen molar-refractivity contribution in [2.75, 3.05) is 25.7 Å². The van der Waals surface area contributed by atoms with E-state index in [0.29, 0.717) is 34.9 Å². The summed E-state index contributed by atoms with van der Waals surface area (Å²) in [5.74, 6) is 1.39. The molecule has 0 atom stereocenters. The summed E-state index contributed by atoms with van der Waals surface area (Å²) in [7, 11) is 2.60. The molecule has 2 aromatic heterocycles. The first-order valence-corrected chi connectivity index (χ1v) is 9.78. The van der Waals surface area contributed by atoms with E-state index in [1.54, 1.807) is 6.92 Å². The molecule has 4 rings (SSSR count). The SMILES string of the molecule is COC(=O)c1nc(C2CC2)nc(N)c1C.COC(=O)c1nc(C2CC2)nc(N)c1Cl. The van der Waals surface area contributed by atoms with Crippen molar-refractivity contribution in [2.24, 2.45) is 0 Å². The molecule has 0 unspecified atom stereocenters. The number of esters is 2. The van der Waals surface area contributed by atoms with Crippen LogP contribution in [0.25, 0.3) is 0 Å². The molecule has 10 nitrogen and oxygen atoms in total. The van der Waals surface area contributed by atoms with Crippen LogP contribution in [0.5, 0.6) is 0 Å². The lowest BCUT2D eigenvalue weighted by molar-refractivity contribution is 0.0584. The van der Waals surface area contributed by atoms with Crippen LogP contribution in [0.1, 0.15) is 75.7 Å². The average Bonchev–Trinajstić information content (AvgIpc) is 3.63. The van der Waals surface area contributed by atoms with Crippen LogP contribution in [0.3, 0.4) is 0 Å². The third kappa shape index (κ3) is 4.76. The third-order valence-corrected chi connectivity index (χ3v) is 5.11. The second-order valence-electron chi connectivity index (χ2n) is 7.10. The van der Waals surface area contributed by atoms with Crippen molar-refractivity contribution in [3.05, 3.63) is 33.6 Å². The number of rotatable bonds is 4. The Hall–Kier alpha value is -3.01. The molecule has 0 radical (unpaired) electrons. The smallest absolute Gasteiger partial charge is 0.358 e. The summed E-state index contributed by atoms with van der Waals surface area (Å²) in [6, 6.07) is 0. The van der Waals surface area contributed by atoms with Crippen molar-refractivity contribution in [1.82, 2.24) is 19.9 Å². The highest BCUT2D eigenvalue weighted by Gasteiger charge is 2.30. The monoisotopic (exact) mass is 434 g/mol. The van der Waals surface area contributed by atoms with E-state index >= 15 is 0 Å². The van der Waals surface area contributed by atoms with E-state index in [4.69, 9.17) is 23.1 Å². The zero-order valence-corrected chi connectivity index (χ0v) is 17.7. The van der Waals surface area contributed by atoms with Gasteiger partial charge in [0.25, 0.3) is 0 Å². The second kappa shape index (κ2) is 8.78. The molecule has 2 fully saturated rings. The molecular weight excluding hydrogens is 412 g/mol. The van der Waals surface area contributed by atoms with E-state index in [0.717, 1.165) is 25.7 Å². The van der Waals surface area contributed by atoms with Crippen LogP contribution in [0.15, 0.2) is 0 Å². The highest BCUT2D eigenvalue weighted by Crippen LogP contribution is 2.39. The minimum Gasteiger partial charge on any atom is -0.464 e. The summed E-state index contributed by atoms with van der Waals surface area (Å²) in [6.07, 6.45) is 4.20. The highest BCUT2D eigenvalue weighted by molar-refractivity contribution is 6.35. The number of methoxy groups -OCH3 is 2. The van der Waals surface area contributed by atoms with Crippen LogP contribution in [0, 0.1) is 6.92 Å². The van der Waals surface area contributed by atoms with E-state index in [-0.39, 0.29) is 22.2 Å². The lowest BCUT2D eigenvalue weighted by Gasteiger charge is -2.07. The molecule has 2 aliphatic carbocycles. The standard InChI is InChI=1S/C10H13N3O2.C9H10ClN3O2/c1-5-7(10(14)15-2)12-9(6-3-4-6)13-8(5)11;1-15-9(14)6-5(10)7(11)13-8(12-6)4-2-3-4/h6H,3-4H2,1-2H3,(H2,11,12,13);4H,2-3H2,1H3,(H2,11,12,13). The van der Waals surface area contributed by atoms with Gasteiger partial charge in [-0.15, -0.1) is 0 Å². The highest BCUT2D eigenvalue weighted by atomic mass is 35.5. The van der Waals surface area contributed by atoms with Crippen LogP contribution in [0.2, 0.25) is 5.02 Å². The fourth-order valence-electron chi connectivity index (χ4n) is 2.61. The number of hydrogen-bond acceptors (Lipinski definition) is 10. The van der Waals surface area contributed by atoms with Gasteiger partial charge in [0.15, 0.2) is 11.4 Å². The minimum absolute atomic E-state index is 0.0496. The Bertz CT molecular complexity index is 912. The number of nitrogen functional groups attached to an aromatic ring is 2. The molecule has 4 N–H and O–H groups in total. The van der Waals surface area contributed by atoms with E-state index in [1.807, 2.05) is 0 Å². The van der Waals surface area contributed by atoms with Crippen molar-refractivity contribution in [3.8, 4) is 0 Å². The quantitative estimate of drug-likeness (QED) is 0.684. The zero-order chi connectivity index (χ0) is 22.0. The number of carbonyl (C=O) groups excluding carboxylic acids is 2. The first-order valence-electron chi connectivity index (χ1n) is 9.40. The van der Waals surface area contributed by atoms with E-state index in [2.05, 4.69) is 29.4 Å². The van der Waals surface area contributed by atoms with Gasteiger partial charge in [-0.3, -0.25) is 0 Å². The largest absolute Gasteiger partial charge is 0.464 e. The fourth-order valence-corrected chi connectivity index (χ4v) is 2.77. The minimum atomic E-state index is -0.587. The van der Waals surface area contributed by atoms with Gasteiger partial charge in [-0.25, -0.2) is 29.5 Å². The molecule has 30 heavy (non-hydrogen) atoms. The lowest BCUT2D eigenvalue weighted by atomic mass is 10.2. The van der Waals surface area contributed by atoms with Gasteiger partial charge >= 0.3 is 11.9 Å². The molecule has 2 aliphatic rings. The molecule has 0 spiro atoms. The van der Waals surface area contributed by atoms with Crippen molar-refractivity contribution in [3.63, 3.8) is 0 Å². The Morgan fingerprint density at radius 3 is 1.73 bits per heavy atom. The number of ether oxygens (including phenoxy) is 2. The van der Waals surface area contributed by atoms with Gasteiger partial charge in [0.05, 0.1) is 14.2 Å². The van der Waals surface area contributed by atoms with Crippen LogP contribution in [0.4, 0.5) is 11.6 Å². The maximum atomic E-state index is 11.4. The summed E-state index contributed by atoms with van der Waals surface area (Å²) in [4.78, 5) is 39.2. The topological polar surface area (TPSA) is 156 Å². The van der Waals surface area contributed by atoms with Gasteiger partial charge in [0.1, 0.15) is 28.3 Å². The average molecular weight is 435 g/mol. The van der Waals surface area contributed by atoms with E-state index in [1.165, 1.54) is 14.2 Å². The molecule has 2 heterocycles. The van der Waals surface area contributed by atoms with Gasteiger partial charge in [0.2, 0.25) is 0 Å². The number of anilines is 2. The Morgan fingerprint density at radius 1 is 0.833 bits per heavy atom. The molecule has 0 saturated heterocycles. The van der Waals surface area contributed by atoms with E-state index in [9.17, 15) is 9.59 Å². The number of aromatic nitrogens is 4. The van der Waals surface area contributed by atoms with Crippen LogP contribution in [-0.4, -0.2) is 46.1 Å². The van der Waals surface area contributed by atoms with Crippen molar-refractivity contribution in [2.45, 2.75) is 44.4 Å². The van der Waals surface area contributed by atoms with Crippen molar-refractivity contribution in [1.29, 1.82) is 0 Å². The molecule has 11 heteroatoms. The Labute approximate surface area is 178 Å². The summed E-state index contributed by atoms with van der Waals surface area (Å²) in [6.45, 7) is 1.72. The van der Waals surface area contributed by atoms with Crippen LogP contribution in [-0.2, 0) is 9.47 Å². The third-order valence-electron chi connectivity index (χ3n) is 4.74. The van der Waals surface area contributed by atoms with Crippen LogP contribution < -0.4 is 11.5 Å². The molecule has 2 aromatic rings. The second-order valence-corrected chi connectivity index (χ2v) is 7.48. The predicted molar refractivity (Wildman–Crippen MR) is 109 cm³/mol. The fraction of sp³-hybridized carbons (Fsp3) is 0.474.